The van der Waals surface area contributed by atoms with E-state index >= 15 is 0 Å². The van der Waals surface area contributed by atoms with Crippen molar-refractivity contribution in [1.29, 1.82) is 0 Å². The summed E-state index contributed by atoms with van der Waals surface area (Å²) >= 11 is 0. The van der Waals surface area contributed by atoms with Crippen LogP contribution in [0.5, 0.6) is 0 Å². The van der Waals surface area contributed by atoms with E-state index in [1.807, 2.05) is 26.8 Å². The van der Waals surface area contributed by atoms with Crippen LogP contribution in [0.3, 0.4) is 0 Å². The lowest BCUT2D eigenvalue weighted by Gasteiger charge is -2.16. The van der Waals surface area contributed by atoms with E-state index < -0.39 is 5.60 Å². The van der Waals surface area contributed by atoms with Crippen molar-refractivity contribution in [3.63, 3.8) is 0 Å². The van der Waals surface area contributed by atoms with Crippen LogP contribution in [-0.2, 0) is 0 Å². The van der Waals surface area contributed by atoms with Crippen molar-refractivity contribution in [2.45, 2.75) is 39.2 Å². The van der Waals surface area contributed by atoms with Crippen LogP contribution in [0.2, 0.25) is 0 Å². The Hall–Kier alpha value is -0.740. The molecule has 0 rings (SSSR count). The average Bonchev–Trinajstić information content (AvgIpc) is 2.05. The van der Waals surface area contributed by atoms with Crippen LogP contribution in [0.1, 0.15) is 33.6 Å². The molecule has 0 unspecified atom stereocenters. The van der Waals surface area contributed by atoms with Gasteiger partial charge in [-0.25, -0.2) is 0 Å². The van der Waals surface area contributed by atoms with Gasteiger partial charge in [0.1, 0.15) is 5.60 Å². The Morgan fingerprint density at radius 2 is 1.91 bits per heavy atom. The fourth-order valence-corrected chi connectivity index (χ4v) is 0.686. The Balaban J connectivity index is 4.20. The largest absolute Gasteiger partial charge is 0.378 e. The predicted molar refractivity (Wildman–Crippen MR) is 48.1 cm³/mol. The summed E-state index contributed by atoms with van der Waals surface area (Å²) in [7, 11) is 0. The maximum Gasteiger partial charge on any atom is 0.125 e. The molecule has 0 radical (unpaired) electrons. The third kappa shape index (κ3) is 3.85. The van der Waals surface area contributed by atoms with Crippen LogP contribution in [0, 0.1) is 11.8 Å². The summed E-state index contributed by atoms with van der Waals surface area (Å²) in [6, 6.07) is 0. The van der Waals surface area contributed by atoms with Crippen molar-refractivity contribution in [2.75, 3.05) is 0 Å². The third-order valence-corrected chi connectivity index (χ3v) is 1.72. The smallest absolute Gasteiger partial charge is 0.125 e. The van der Waals surface area contributed by atoms with Crippen LogP contribution in [0.15, 0.2) is 12.2 Å². The molecule has 0 saturated carbocycles. The van der Waals surface area contributed by atoms with Crippen molar-refractivity contribution < 1.29 is 5.11 Å². The quantitative estimate of drug-likeness (QED) is 0.601. The van der Waals surface area contributed by atoms with E-state index in [9.17, 15) is 5.11 Å². The highest BCUT2D eigenvalue weighted by Crippen LogP contribution is 2.12. The van der Waals surface area contributed by atoms with Crippen molar-refractivity contribution in [1.82, 2.24) is 0 Å². The first-order valence-electron chi connectivity index (χ1n) is 4.04. The van der Waals surface area contributed by atoms with E-state index in [1.165, 1.54) is 0 Å². The lowest BCUT2D eigenvalue weighted by Crippen LogP contribution is -2.23. The first-order valence-corrected chi connectivity index (χ1v) is 4.04. The molecule has 62 valence electrons. The Kier molecular flexibility index (Phi) is 4.65. The van der Waals surface area contributed by atoms with E-state index in [-0.39, 0.29) is 0 Å². The molecule has 0 aliphatic heterocycles. The second-order valence-electron chi connectivity index (χ2n) is 2.51. The van der Waals surface area contributed by atoms with Gasteiger partial charge in [-0.2, -0.15) is 0 Å². The molecule has 0 heterocycles. The lowest BCUT2D eigenvalue weighted by atomic mass is 9.99. The summed E-state index contributed by atoms with van der Waals surface area (Å²) in [6.07, 6.45) is 4.98. The maximum atomic E-state index is 9.65. The molecular formula is C10H16O. The molecule has 1 nitrogen and oxygen atoms in total. The lowest BCUT2D eigenvalue weighted by molar-refractivity contribution is 0.0931. The highest BCUT2D eigenvalue weighted by atomic mass is 16.3. The minimum atomic E-state index is -0.778. The molecule has 0 aliphatic carbocycles. The number of allylic oxidation sites excluding steroid dienone is 2. The topological polar surface area (TPSA) is 20.2 Å². The van der Waals surface area contributed by atoms with Gasteiger partial charge in [0.25, 0.3) is 0 Å². The molecule has 1 heteroatoms. The Labute approximate surface area is 69.1 Å². The third-order valence-electron chi connectivity index (χ3n) is 1.72. The monoisotopic (exact) mass is 152 g/mol. The molecule has 11 heavy (non-hydrogen) atoms. The van der Waals surface area contributed by atoms with Gasteiger partial charge in [-0.05, 0) is 25.8 Å². The first kappa shape index (κ1) is 10.3. The number of rotatable bonds is 2. The summed E-state index contributed by atoms with van der Waals surface area (Å²) in [6.45, 7) is 5.79. The molecule has 1 N–H and O–H groups in total. The fourth-order valence-electron chi connectivity index (χ4n) is 0.686. The molecule has 0 atom stereocenters. The zero-order chi connectivity index (χ0) is 8.74. The van der Waals surface area contributed by atoms with Gasteiger partial charge in [-0.1, -0.05) is 31.8 Å². The summed E-state index contributed by atoms with van der Waals surface area (Å²) in [5.74, 6) is 5.61. The number of aliphatic hydroxyl groups is 1. The molecule has 0 spiro atoms. The fraction of sp³-hybridized carbons (Fsp3) is 0.600. The van der Waals surface area contributed by atoms with Crippen LogP contribution in [-0.4, -0.2) is 10.7 Å². The van der Waals surface area contributed by atoms with E-state index in [0.29, 0.717) is 12.8 Å². The van der Waals surface area contributed by atoms with Gasteiger partial charge in [0.15, 0.2) is 0 Å². The predicted octanol–water partition coefficient (Wildman–Crippen LogP) is 2.12. The molecule has 0 amide bonds. The SMILES string of the molecule is CC=CC#CC(O)(CC)CC. The average molecular weight is 152 g/mol. The Morgan fingerprint density at radius 1 is 1.36 bits per heavy atom. The zero-order valence-electron chi connectivity index (χ0n) is 7.52. The van der Waals surface area contributed by atoms with Crippen LogP contribution >= 0.6 is 0 Å². The normalized spacial score (nSPS) is 11.3. The second kappa shape index (κ2) is 4.98. The van der Waals surface area contributed by atoms with E-state index in [4.69, 9.17) is 0 Å². The maximum absolute atomic E-state index is 9.65. The molecule has 0 bridgehead atoms. The molecule has 0 aromatic rings. The molecule has 0 aromatic carbocycles. The van der Waals surface area contributed by atoms with Crippen LogP contribution in [0.4, 0.5) is 0 Å². The van der Waals surface area contributed by atoms with Gasteiger partial charge in [0, 0.05) is 0 Å². The summed E-state index contributed by atoms with van der Waals surface area (Å²) in [5.41, 5.74) is -0.778. The van der Waals surface area contributed by atoms with Gasteiger partial charge in [-0.15, -0.1) is 0 Å². The number of hydrogen-bond acceptors (Lipinski definition) is 1. The van der Waals surface area contributed by atoms with Gasteiger partial charge in [0.05, 0.1) is 0 Å². The Bertz CT molecular complexity index is 177. The zero-order valence-corrected chi connectivity index (χ0v) is 7.52. The van der Waals surface area contributed by atoms with Gasteiger partial charge in [-0.3, -0.25) is 0 Å². The molecular weight excluding hydrogens is 136 g/mol. The van der Waals surface area contributed by atoms with Gasteiger partial charge < -0.3 is 5.11 Å². The Morgan fingerprint density at radius 3 is 2.27 bits per heavy atom. The number of hydrogen-bond donors (Lipinski definition) is 1. The molecule has 0 aromatic heterocycles. The van der Waals surface area contributed by atoms with Gasteiger partial charge >= 0.3 is 0 Å². The van der Waals surface area contributed by atoms with Crippen LogP contribution < -0.4 is 0 Å². The molecule has 0 fully saturated rings. The van der Waals surface area contributed by atoms with Crippen molar-refractivity contribution in [3.05, 3.63) is 12.2 Å². The minimum absolute atomic E-state index is 0.689. The first-order chi connectivity index (χ1) is 5.18. The van der Waals surface area contributed by atoms with Crippen molar-refractivity contribution in [2.24, 2.45) is 0 Å². The molecule has 0 aliphatic rings. The van der Waals surface area contributed by atoms with Crippen molar-refractivity contribution >= 4 is 0 Å². The van der Waals surface area contributed by atoms with Crippen molar-refractivity contribution in [3.8, 4) is 11.8 Å². The van der Waals surface area contributed by atoms with E-state index in [0.717, 1.165) is 0 Å². The highest BCUT2D eigenvalue weighted by molar-refractivity contribution is 5.21. The van der Waals surface area contributed by atoms with Gasteiger partial charge in [0.2, 0.25) is 0 Å². The summed E-state index contributed by atoms with van der Waals surface area (Å²) < 4.78 is 0. The molecule has 0 saturated heterocycles. The standard InChI is InChI=1S/C10H16O/c1-4-7-8-9-10(11,5-2)6-3/h4,7,11H,5-6H2,1-3H3. The van der Waals surface area contributed by atoms with Crippen LogP contribution in [0.25, 0.3) is 0 Å². The van der Waals surface area contributed by atoms with E-state index in [2.05, 4.69) is 11.8 Å². The summed E-state index contributed by atoms with van der Waals surface area (Å²) in [4.78, 5) is 0. The second-order valence-corrected chi connectivity index (χ2v) is 2.51. The minimum Gasteiger partial charge on any atom is -0.378 e. The van der Waals surface area contributed by atoms with E-state index in [1.54, 1.807) is 6.08 Å². The summed E-state index contributed by atoms with van der Waals surface area (Å²) in [5, 5.41) is 9.65. The highest BCUT2D eigenvalue weighted by Gasteiger charge is 2.17.